The van der Waals surface area contributed by atoms with Gasteiger partial charge in [-0.2, -0.15) is 0 Å². The van der Waals surface area contributed by atoms with E-state index in [-0.39, 0.29) is 5.91 Å². The predicted molar refractivity (Wildman–Crippen MR) is 98.8 cm³/mol. The zero-order valence-electron chi connectivity index (χ0n) is 14.6. The van der Waals surface area contributed by atoms with Crippen LogP contribution in [0, 0.1) is 5.92 Å². The van der Waals surface area contributed by atoms with E-state index in [0.29, 0.717) is 5.92 Å². The molecule has 4 rings (SSSR count). The van der Waals surface area contributed by atoms with E-state index in [9.17, 15) is 4.79 Å². The van der Waals surface area contributed by atoms with Crippen molar-refractivity contribution < 1.29 is 4.79 Å². The minimum Gasteiger partial charge on any atom is -0.338 e. The standard InChI is InChI=1S/C19H24N4OS/c1-25-18-16(5-2-8-21-18)19(24)23-10-3-4-15(13-23)17-20-9-11-22(17)12-14-6-7-14/h2,5,8-9,11,14-15H,3-4,6-7,10,12-13H2,1H3/t15-/m1/s1. The van der Waals surface area contributed by atoms with Crippen molar-refractivity contribution in [1.82, 2.24) is 19.4 Å². The summed E-state index contributed by atoms with van der Waals surface area (Å²) >= 11 is 1.53. The lowest BCUT2D eigenvalue weighted by Crippen LogP contribution is -2.40. The minimum atomic E-state index is 0.0995. The number of piperidine rings is 1. The Kier molecular flexibility index (Phi) is 4.79. The van der Waals surface area contributed by atoms with Crippen LogP contribution in [0.4, 0.5) is 0 Å². The molecule has 2 aromatic heterocycles. The molecule has 2 fully saturated rings. The Morgan fingerprint density at radius 3 is 2.96 bits per heavy atom. The number of nitrogens with zero attached hydrogens (tertiary/aromatic N) is 4. The van der Waals surface area contributed by atoms with Gasteiger partial charge in [0.2, 0.25) is 0 Å². The maximum Gasteiger partial charge on any atom is 0.256 e. The number of thioether (sulfide) groups is 1. The molecule has 1 atom stereocenters. The van der Waals surface area contributed by atoms with Crippen molar-refractivity contribution in [3.8, 4) is 0 Å². The SMILES string of the molecule is CSc1ncccc1C(=O)N1CCC[C@@H](c2nccn2CC2CC2)C1. The molecule has 6 heteroatoms. The highest BCUT2D eigenvalue weighted by molar-refractivity contribution is 7.98. The summed E-state index contributed by atoms with van der Waals surface area (Å²) in [5.41, 5.74) is 0.719. The van der Waals surface area contributed by atoms with Gasteiger partial charge in [-0.25, -0.2) is 9.97 Å². The molecule has 0 bridgehead atoms. The van der Waals surface area contributed by atoms with E-state index in [1.165, 1.54) is 24.6 Å². The van der Waals surface area contributed by atoms with E-state index in [4.69, 9.17) is 0 Å². The summed E-state index contributed by atoms with van der Waals surface area (Å²) in [4.78, 5) is 24.0. The number of likely N-dealkylation sites (tertiary alicyclic amines) is 1. The molecule has 0 radical (unpaired) electrons. The van der Waals surface area contributed by atoms with Gasteiger partial charge < -0.3 is 9.47 Å². The van der Waals surface area contributed by atoms with Crippen LogP contribution in [-0.4, -0.2) is 44.7 Å². The van der Waals surface area contributed by atoms with Crippen molar-refractivity contribution in [2.45, 2.75) is 43.2 Å². The van der Waals surface area contributed by atoms with E-state index >= 15 is 0 Å². The van der Waals surface area contributed by atoms with Gasteiger partial charge in [0, 0.05) is 44.1 Å². The third-order valence-corrected chi connectivity index (χ3v) is 5.88. The van der Waals surface area contributed by atoms with Crippen LogP contribution in [0.1, 0.15) is 47.8 Å². The molecule has 1 saturated carbocycles. The Labute approximate surface area is 152 Å². The molecule has 132 valence electrons. The zero-order chi connectivity index (χ0) is 17.2. The normalized spacial score (nSPS) is 20.7. The Hall–Kier alpha value is -1.82. The number of hydrogen-bond acceptors (Lipinski definition) is 4. The molecular weight excluding hydrogens is 332 g/mol. The lowest BCUT2D eigenvalue weighted by Gasteiger charge is -2.33. The molecule has 1 aliphatic heterocycles. The van der Waals surface area contributed by atoms with Crippen LogP contribution in [0.15, 0.2) is 35.7 Å². The molecule has 2 aliphatic rings. The second-order valence-corrected chi connectivity index (χ2v) is 7.83. The Bertz CT molecular complexity index is 755. The number of hydrogen-bond donors (Lipinski definition) is 0. The third-order valence-electron chi connectivity index (χ3n) is 5.17. The Morgan fingerprint density at radius 2 is 2.16 bits per heavy atom. The van der Waals surface area contributed by atoms with Gasteiger partial charge >= 0.3 is 0 Å². The average molecular weight is 356 g/mol. The van der Waals surface area contributed by atoms with Crippen molar-refractivity contribution >= 4 is 17.7 Å². The van der Waals surface area contributed by atoms with Crippen LogP contribution < -0.4 is 0 Å². The van der Waals surface area contributed by atoms with Crippen molar-refractivity contribution in [2.24, 2.45) is 5.92 Å². The molecule has 25 heavy (non-hydrogen) atoms. The van der Waals surface area contributed by atoms with Gasteiger partial charge in [-0.3, -0.25) is 4.79 Å². The fraction of sp³-hybridized carbons (Fsp3) is 0.526. The molecular formula is C19H24N4OS. The van der Waals surface area contributed by atoms with Crippen molar-refractivity contribution in [3.05, 3.63) is 42.1 Å². The highest BCUT2D eigenvalue weighted by Gasteiger charge is 2.30. The van der Waals surface area contributed by atoms with Crippen LogP contribution in [0.5, 0.6) is 0 Å². The van der Waals surface area contributed by atoms with E-state index < -0.39 is 0 Å². The second kappa shape index (κ2) is 7.20. The Morgan fingerprint density at radius 1 is 1.28 bits per heavy atom. The molecule has 0 unspecified atom stereocenters. The number of imidazole rings is 1. The van der Waals surface area contributed by atoms with Gasteiger partial charge in [-0.15, -0.1) is 11.8 Å². The molecule has 5 nitrogen and oxygen atoms in total. The first-order chi connectivity index (χ1) is 12.3. The van der Waals surface area contributed by atoms with E-state index in [1.54, 1.807) is 6.20 Å². The predicted octanol–water partition coefficient (Wildman–Crippen LogP) is 3.43. The smallest absolute Gasteiger partial charge is 0.256 e. The van der Waals surface area contributed by atoms with Crippen LogP contribution in [0.2, 0.25) is 0 Å². The monoisotopic (exact) mass is 356 g/mol. The number of carbonyl (C=O) groups is 1. The van der Waals surface area contributed by atoms with Gasteiger partial charge in [0.25, 0.3) is 5.91 Å². The largest absolute Gasteiger partial charge is 0.338 e. The molecule has 0 aromatic carbocycles. The maximum atomic E-state index is 13.0. The van der Waals surface area contributed by atoms with Crippen molar-refractivity contribution in [1.29, 1.82) is 0 Å². The fourth-order valence-electron chi connectivity index (χ4n) is 3.67. The van der Waals surface area contributed by atoms with Gasteiger partial charge in [-0.05, 0) is 50.0 Å². The lowest BCUT2D eigenvalue weighted by atomic mass is 9.96. The van der Waals surface area contributed by atoms with E-state index in [2.05, 4.69) is 20.7 Å². The van der Waals surface area contributed by atoms with E-state index in [1.807, 2.05) is 29.5 Å². The van der Waals surface area contributed by atoms with Gasteiger partial charge in [-0.1, -0.05) is 0 Å². The number of carbonyl (C=O) groups excluding carboxylic acids is 1. The topological polar surface area (TPSA) is 51.0 Å². The lowest BCUT2D eigenvalue weighted by molar-refractivity contribution is 0.0699. The molecule has 1 amide bonds. The average Bonchev–Trinajstić information content (AvgIpc) is 3.36. The van der Waals surface area contributed by atoms with Gasteiger partial charge in [0.1, 0.15) is 10.9 Å². The van der Waals surface area contributed by atoms with Crippen LogP contribution in [0.3, 0.4) is 0 Å². The summed E-state index contributed by atoms with van der Waals surface area (Å²) < 4.78 is 2.31. The van der Waals surface area contributed by atoms with Crippen LogP contribution in [0.25, 0.3) is 0 Å². The first-order valence-corrected chi connectivity index (χ1v) is 10.3. The number of aromatic nitrogens is 3. The van der Waals surface area contributed by atoms with Crippen molar-refractivity contribution in [2.75, 3.05) is 19.3 Å². The molecule has 0 N–H and O–H groups in total. The van der Waals surface area contributed by atoms with Crippen LogP contribution >= 0.6 is 11.8 Å². The van der Waals surface area contributed by atoms with Crippen LogP contribution in [-0.2, 0) is 6.54 Å². The molecule has 0 spiro atoms. The summed E-state index contributed by atoms with van der Waals surface area (Å²) in [6.45, 7) is 2.66. The van der Waals surface area contributed by atoms with Crippen molar-refractivity contribution in [3.63, 3.8) is 0 Å². The highest BCUT2D eigenvalue weighted by Crippen LogP contribution is 2.33. The van der Waals surface area contributed by atoms with Gasteiger partial charge in [0.05, 0.1) is 5.56 Å². The summed E-state index contributed by atoms with van der Waals surface area (Å²) in [6.07, 6.45) is 12.5. The first-order valence-electron chi connectivity index (χ1n) is 9.05. The molecule has 1 saturated heterocycles. The molecule has 3 heterocycles. The first kappa shape index (κ1) is 16.6. The number of pyridine rings is 1. The third kappa shape index (κ3) is 3.59. The number of amides is 1. The summed E-state index contributed by atoms with van der Waals surface area (Å²) in [5.74, 6) is 2.41. The highest BCUT2D eigenvalue weighted by atomic mass is 32.2. The summed E-state index contributed by atoms with van der Waals surface area (Å²) in [7, 11) is 0. The number of rotatable bonds is 5. The second-order valence-electron chi connectivity index (χ2n) is 7.03. The fourth-order valence-corrected chi connectivity index (χ4v) is 4.21. The van der Waals surface area contributed by atoms with Gasteiger partial charge in [0.15, 0.2) is 0 Å². The maximum absolute atomic E-state index is 13.0. The molecule has 1 aliphatic carbocycles. The quantitative estimate of drug-likeness (QED) is 0.770. The zero-order valence-corrected chi connectivity index (χ0v) is 15.4. The summed E-state index contributed by atoms with van der Waals surface area (Å²) in [5, 5.41) is 0.810. The summed E-state index contributed by atoms with van der Waals surface area (Å²) in [6, 6.07) is 3.73. The minimum absolute atomic E-state index is 0.0995. The molecule has 2 aromatic rings. The van der Waals surface area contributed by atoms with E-state index in [0.717, 1.165) is 54.8 Å². The Balaban J connectivity index is 1.51.